The van der Waals surface area contributed by atoms with Crippen molar-refractivity contribution >= 4 is 12.0 Å². The zero-order valence-corrected chi connectivity index (χ0v) is 12.6. The number of alkyl carbamates (subject to hydrolysis) is 1. The van der Waals surface area contributed by atoms with E-state index in [1.807, 2.05) is 0 Å². The lowest BCUT2D eigenvalue weighted by Gasteiger charge is -2.30. The molecule has 2 rings (SSSR count). The molecule has 0 saturated carbocycles. The highest BCUT2D eigenvalue weighted by Crippen LogP contribution is 2.14. The minimum absolute atomic E-state index is 0.126. The number of amides is 2. The summed E-state index contributed by atoms with van der Waals surface area (Å²) in [6, 6.07) is 3.28. The summed E-state index contributed by atoms with van der Waals surface area (Å²) < 4.78 is 4.77. The molecule has 1 aromatic heterocycles. The Hall–Kier alpha value is -2.15. The van der Waals surface area contributed by atoms with Gasteiger partial charge in [0, 0.05) is 24.8 Å². The molecule has 1 unspecified atom stereocenters. The number of likely N-dealkylation sites (tertiary alicyclic amines) is 1. The van der Waals surface area contributed by atoms with Crippen LogP contribution in [0.15, 0.2) is 18.3 Å². The first-order valence-electron chi connectivity index (χ1n) is 7.43. The van der Waals surface area contributed by atoms with Crippen LogP contribution in [0, 0.1) is 0 Å². The van der Waals surface area contributed by atoms with Crippen LogP contribution in [0.1, 0.15) is 35.8 Å². The van der Waals surface area contributed by atoms with Crippen LogP contribution in [-0.4, -0.2) is 52.8 Å². The van der Waals surface area contributed by atoms with E-state index in [-0.39, 0.29) is 12.5 Å². The largest absolute Gasteiger partial charge is 0.450 e. The van der Waals surface area contributed by atoms with E-state index in [9.17, 15) is 14.7 Å². The van der Waals surface area contributed by atoms with Gasteiger partial charge in [-0.2, -0.15) is 0 Å². The fourth-order valence-corrected chi connectivity index (χ4v) is 2.37. The Balaban J connectivity index is 1.98. The fourth-order valence-electron chi connectivity index (χ4n) is 2.37. The molecule has 2 N–H and O–H groups in total. The highest BCUT2D eigenvalue weighted by atomic mass is 16.5. The Morgan fingerprint density at radius 1 is 1.55 bits per heavy atom. The van der Waals surface area contributed by atoms with Crippen LogP contribution in [0.4, 0.5) is 4.79 Å². The minimum atomic E-state index is -0.514. The van der Waals surface area contributed by atoms with Crippen molar-refractivity contribution in [3.8, 4) is 0 Å². The Morgan fingerprint density at radius 3 is 3.09 bits per heavy atom. The summed E-state index contributed by atoms with van der Waals surface area (Å²) >= 11 is 0. The van der Waals surface area contributed by atoms with Gasteiger partial charge in [0.1, 0.15) is 0 Å². The SMILES string of the molecule is CCOC(=O)NCc1cc(C(=O)N2CCCC(O)C2)ccn1. The Morgan fingerprint density at radius 2 is 2.36 bits per heavy atom. The lowest BCUT2D eigenvalue weighted by molar-refractivity contribution is 0.0473. The van der Waals surface area contributed by atoms with E-state index in [4.69, 9.17) is 4.74 Å². The van der Waals surface area contributed by atoms with Gasteiger partial charge in [-0.3, -0.25) is 9.78 Å². The summed E-state index contributed by atoms with van der Waals surface area (Å²) in [6.07, 6.45) is 2.10. The summed E-state index contributed by atoms with van der Waals surface area (Å²) in [5.74, 6) is -0.126. The quantitative estimate of drug-likeness (QED) is 0.863. The maximum absolute atomic E-state index is 12.4. The lowest BCUT2D eigenvalue weighted by atomic mass is 10.1. The molecule has 120 valence electrons. The number of piperidine rings is 1. The molecule has 0 aliphatic carbocycles. The van der Waals surface area contributed by atoms with Crippen molar-refractivity contribution in [3.05, 3.63) is 29.6 Å². The van der Waals surface area contributed by atoms with Crippen LogP contribution in [-0.2, 0) is 11.3 Å². The molecule has 0 aromatic carbocycles. The van der Waals surface area contributed by atoms with Crippen LogP contribution < -0.4 is 5.32 Å². The van der Waals surface area contributed by atoms with E-state index < -0.39 is 12.2 Å². The average Bonchev–Trinajstić information content (AvgIpc) is 2.53. The Kier molecular flexibility index (Phi) is 5.71. The maximum Gasteiger partial charge on any atom is 0.407 e. The summed E-state index contributed by atoms with van der Waals surface area (Å²) in [7, 11) is 0. The zero-order valence-electron chi connectivity index (χ0n) is 12.6. The first kappa shape index (κ1) is 16.2. The molecule has 7 heteroatoms. The third kappa shape index (κ3) is 4.42. The predicted octanol–water partition coefficient (Wildman–Crippen LogP) is 0.925. The number of ether oxygens (including phenoxy) is 1. The van der Waals surface area contributed by atoms with E-state index in [2.05, 4.69) is 10.3 Å². The number of β-amino-alcohol motifs (C(OH)–C–C–N with tert-alkyl or cyclic N) is 1. The number of nitrogens with one attached hydrogen (secondary N) is 1. The molecule has 2 heterocycles. The molecular weight excluding hydrogens is 286 g/mol. The van der Waals surface area contributed by atoms with Gasteiger partial charge in [-0.25, -0.2) is 4.79 Å². The van der Waals surface area contributed by atoms with Gasteiger partial charge in [0.25, 0.3) is 5.91 Å². The topological polar surface area (TPSA) is 91.8 Å². The van der Waals surface area contributed by atoms with Crippen molar-refractivity contribution in [1.82, 2.24) is 15.2 Å². The summed E-state index contributed by atoms with van der Waals surface area (Å²) in [5, 5.41) is 12.2. The van der Waals surface area contributed by atoms with Gasteiger partial charge in [-0.05, 0) is 31.9 Å². The molecule has 0 spiro atoms. The number of carbonyl (C=O) groups is 2. The smallest absolute Gasteiger partial charge is 0.407 e. The number of hydrogen-bond donors (Lipinski definition) is 2. The van der Waals surface area contributed by atoms with Crippen molar-refractivity contribution < 1.29 is 19.4 Å². The first-order chi connectivity index (χ1) is 10.6. The Labute approximate surface area is 129 Å². The fraction of sp³-hybridized carbons (Fsp3) is 0.533. The van der Waals surface area contributed by atoms with Gasteiger partial charge in [0.05, 0.1) is 24.9 Å². The van der Waals surface area contributed by atoms with Gasteiger partial charge < -0.3 is 20.1 Å². The number of nitrogens with zero attached hydrogens (tertiary/aromatic N) is 2. The van der Waals surface area contributed by atoms with Crippen molar-refractivity contribution in [2.75, 3.05) is 19.7 Å². The molecule has 1 saturated heterocycles. The van der Waals surface area contributed by atoms with Gasteiger partial charge in [-0.1, -0.05) is 0 Å². The van der Waals surface area contributed by atoms with Gasteiger partial charge >= 0.3 is 6.09 Å². The predicted molar refractivity (Wildman–Crippen MR) is 79.2 cm³/mol. The molecule has 0 radical (unpaired) electrons. The average molecular weight is 307 g/mol. The molecule has 0 bridgehead atoms. The van der Waals surface area contributed by atoms with Crippen LogP contribution in [0.2, 0.25) is 0 Å². The number of pyridine rings is 1. The monoisotopic (exact) mass is 307 g/mol. The first-order valence-corrected chi connectivity index (χ1v) is 7.43. The molecule has 1 aliphatic rings. The van der Waals surface area contributed by atoms with Crippen molar-refractivity contribution in [2.45, 2.75) is 32.4 Å². The maximum atomic E-state index is 12.4. The summed E-state index contributed by atoms with van der Waals surface area (Å²) in [4.78, 5) is 29.4. The molecule has 1 atom stereocenters. The van der Waals surface area contributed by atoms with Gasteiger partial charge in [-0.15, -0.1) is 0 Å². The number of rotatable bonds is 4. The van der Waals surface area contributed by atoms with E-state index in [1.165, 1.54) is 6.20 Å². The molecule has 1 aliphatic heterocycles. The molecule has 2 amide bonds. The number of aliphatic hydroxyl groups is 1. The number of hydrogen-bond acceptors (Lipinski definition) is 5. The second kappa shape index (κ2) is 7.74. The van der Waals surface area contributed by atoms with Gasteiger partial charge in [0.2, 0.25) is 0 Å². The Bertz CT molecular complexity index is 535. The summed E-state index contributed by atoms with van der Waals surface area (Å²) in [6.45, 7) is 3.23. The molecule has 22 heavy (non-hydrogen) atoms. The summed E-state index contributed by atoms with van der Waals surface area (Å²) in [5.41, 5.74) is 1.08. The third-order valence-corrected chi connectivity index (χ3v) is 3.44. The van der Waals surface area contributed by atoms with Crippen molar-refractivity contribution in [2.24, 2.45) is 0 Å². The third-order valence-electron chi connectivity index (χ3n) is 3.44. The minimum Gasteiger partial charge on any atom is -0.450 e. The van der Waals surface area contributed by atoms with Crippen LogP contribution in [0.25, 0.3) is 0 Å². The van der Waals surface area contributed by atoms with Crippen LogP contribution in [0.3, 0.4) is 0 Å². The van der Waals surface area contributed by atoms with E-state index in [0.717, 1.165) is 12.8 Å². The number of carbonyl (C=O) groups excluding carboxylic acids is 2. The van der Waals surface area contributed by atoms with E-state index >= 15 is 0 Å². The second-order valence-electron chi connectivity index (χ2n) is 5.16. The molecule has 1 fully saturated rings. The van der Waals surface area contributed by atoms with Crippen LogP contribution >= 0.6 is 0 Å². The second-order valence-corrected chi connectivity index (χ2v) is 5.16. The lowest BCUT2D eigenvalue weighted by Crippen LogP contribution is -2.42. The zero-order chi connectivity index (χ0) is 15.9. The number of aromatic nitrogens is 1. The standard InChI is InChI=1S/C15H21N3O4/c1-2-22-15(21)17-9-12-8-11(5-6-16-12)14(20)18-7-3-4-13(19)10-18/h5-6,8,13,19H,2-4,7,9-10H2,1H3,(H,17,21). The normalized spacial score (nSPS) is 17.9. The van der Waals surface area contributed by atoms with Crippen LogP contribution in [0.5, 0.6) is 0 Å². The van der Waals surface area contributed by atoms with E-state index in [0.29, 0.717) is 31.0 Å². The molecule has 7 nitrogen and oxygen atoms in total. The molecular formula is C15H21N3O4. The number of aliphatic hydroxyl groups excluding tert-OH is 1. The highest BCUT2D eigenvalue weighted by molar-refractivity contribution is 5.94. The van der Waals surface area contributed by atoms with Gasteiger partial charge in [0.15, 0.2) is 0 Å². The van der Waals surface area contributed by atoms with Crippen molar-refractivity contribution in [3.63, 3.8) is 0 Å². The molecule has 1 aromatic rings. The van der Waals surface area contributed by atoms with E-state index in [1.54, 1.807) is 24.0 Å². The van der Waals surface area contributed by atoms with Crippen molar-refractivity contribution in [1.29, 1.82) is 0 Å². The highest BCUT2D eigenvalue weighted by Gasteiger charge is 2.23.